The molecule has 0 radical (unpaired) electrons. The van der Waals surface area contributed by atoms with E-state index in [-0.39, 0.29) is 5.56 Å². The molecule has 0 bridgehead atoms. The summed E-state index contributed by atoms with van der Waals surface area (Å²) in [6.45, 7) is 4.83. The summed E-state index contributed by atoms with van der Waals surface area (Å²) in [6.07, 6.45) is 4.56. The van der Waals surface area contributed by atoms with Crippen LogP contribution in [-0.2, 0) is 25.1 Å². The van der Waals surface area contributed by atoms with E-state index in [9.17, 15) is 4.79 Å². The van der Waals surface area contributed by atoms with Gasteiger partial charge in [0.25, 0.3) is 5.56 Å². The Kier molecular flexibility index (Phi) is 4.69. The summed E-state index contributed by atoms with van der Waals surface area (Å²) in [5, 5.41) is 1.74. The quantitative estimate of drug-likeness (QED) is 0.481. The molecule has 3 nitrogen and oxygen atoms in total. The fraction of sp³-hybridized carbons (Fsp3) is 0.400. The highest BCUT2D eigenvalue weighted by molar-refractivity contribution is 7.98. The van der Waals surface area contributed by atoms with Crippen molar-refractivity contribution in [2.45, 2.75) is 57.0 Å². The van der Waals surface area contributed by atoms with Gasteiger partial charge in [-0.15, -0.1) is 11.3 Å². The van der Waals surface area contributed by atoms with E-state index in [2.05, 4.69) is 31.2 Å². The Bertz CT molecular complexity index is 987. The standard InChI is InChI=1S/C20H22N2OS2/c1-3-22-19(23)17-15-10-6-7-11-16(15)25-18(17)21-20(22)24-12-14-9-5-4-8-13(14)2/h4-5,8-9H,3,6-7,10-12H2,1-2H3. The summed E-state index contributed by atoms with van der Waals surface area (Å²) in [6, 6.07) is 8.41. The molecule has 0 saturated heterocycles. The van der Waals surface area contributed by atoms with Gasteiger partial charge in [-0.25, -0.2) is 4.98 Å². The highest BCUT2D eigenvalue weighted by Crippen LogP contribution is 2.35. The smallest absolute Gasteiger partial charge is 0.263 e. The Balaban J connectivity index is 1.76. The van der Waals surface area contributed by atoms with E-state index in [0.717, 1.165) is 34.0 Å². The monoisotopic (exact) mass is 370 g/mol. The van der Waals surface area contributed by atoms with Crippen LogP contribution in [0.15, 0.2) is 34.2 Å². The van der Waals surface area contributed by atoms with Gasteiger partial charge in [-0.3, -0.25) is 9.36 Å². The molecule has 0 N–H and O–H groups in total. The van der Waals surface area contributed by atoms with Crippen LogP contribution in [0.4, 0.5) is 0 Å². The maximum Gasteiger partial charge on any atom is 0.263 e. The first-order valence-electron chi connectivity index (χ1n) is 8.91. The number of thioether (sulfide) groups is 1. The number of aryl methyl sites for hydroxylation is 3. The molecule has 0 aliphatic heterocycles. The van der Waals surface area contributed by atoms with Gasteiger partial charge < -0.3 is 0 Å². The lowest BCUT2D eigenvalue weighted by molar-refractivity contribution is 0.633. The van der Waals surface area contributed by atoms with Gasteiger partial charge in [0.15, 0.2) is 5.16 Å². The molecule has 1 aliphatic rings. The van der Waals surface area contributed by atoms with Crippen LogP contribution in [0.25, 0.3) is 10.2 Å². The summed E-state index contributed by atoms with van der Waals surface area (Å²) in [7, 11) is 0. The maximum atomic E-state index is 13.1. The van der Waals surface area contributed by atoms with Gasteiger partial charge in [-0.2, -0.15) is 0 Å². The van der Waals surface area contributed by atoms with Crippen LogP contribution in [0.1, 0.15) is 41.3 Å². The van der Waals surface area contributed by atoms with Crippen LogP contribution in [0.2, 0.25) is 0 Å². The minimum atomic E-state index is 0.152. The van der Waals surface area contributed by atoms with Crippen molar-refractivity contribution in [3.63, 3.8) is 0 Å². The zero-order valence-corrected chi connectivity index (χ0v) is 16.3. The zero-order valence-electron chi connectivity index (χ0n) is 14.7. The second-order valence-corrected chi connectivity index (χ2v) is 8.58. The number of rotatable bonds is 4. The molecule has 25 heavy (non-hydrogen) atoms. The van der Waals surface area contributed by atoms with E-state index < -0.39 is 0 Å². The largest absolute Gasteiger partial charge is 0.287 e. The second kappa shape index (κ2) is 6.96. The third-order valence-corrected chi connectivity index (χ3v) is 7.18. The molecule has 1 aromatic carbocycles. The fourth-order valence-corrected chi connectivity index (χ4v) is 5.96. The highest BCUT2D eigenvalue weighted by Gasteiger charge is 2.21. The number of nitrogens with zero attached hydrogens (tertiary/aromatic N) is 2. The summed E-state index contributed by atoms with van der Waals surface area (Å²) in [5.74, 6) is 0.843. The second-order valence-electron chi connectivity index (χ2n) is 6.55. The Morgan fingerprint density at radius 1 is 1.24 bits per heavy atom. The molecule has 0 spiro atoms. The summed E-state index contributed by atoms with van der Waals surface area (Å²) >= 11 is 3.41. The van der Waals surface area contributed by atoms with Crippen molar-refractivity contribution in [3.8, 4) is 0 Å². The van der Waals surface area contributed by atoms with Crippen LogP contribution in [0.3, 0.4) is 0 Å². The minimum absolute atomic E-state index is 0.152. The molecular formula is C20H22N2OS2. The Hall–Kier alpha value is -1.59. The van der Waals surface area contributed by atoms with E-state index in [4.69, 9.17) is 4.98 Å². The normalized spacial score (nSPS) is 14.0. The average molecular weight is 371 g/mol. The lowest BCUT2D eigenvalue weighted by Gasteiger charge is -2.12. The zero-order chi connectivity index (χ0) is 17.4. The summed E-state index contributed by atoms with van der Waals surface area (Å²) in [5.41, 5.74) is 4.02. The lowest BCUT2D eigenvalue weighted by Crippen LogP contribution is -2.23. The third kappa shape index (κ3) is 3.04. The van der Waals surface area contributed by atoms with Gasteiger partial charge in [0.2, 0.25) is 0 Å². The molecule has 5 heteroatoms. The SMILES string of the molecule is CCn1c(SCc2ccccc2C)nc2sc3c(c2c1=O)CCCC3. The molecule has 0 unspecified atom stereocenters. The topological polar surface area (TPSA) is 34.9 Å². The molecule has 1 aliphatic carbocycles. The summed E-state index contributed by atoms with van der Waals surface area (Å²) in [4.78, 5) is 20.3. The number of thiophene rings is 1. The van der Waals surface area contributed by atoms with Crippen molar-refractivity contribution in [3.05, 3.63) is 56.2 Å². The predicted octanol–water partition coefficient (Wildman–Crippen LogP) is 4.96. The van der Waals surface area contributed by atoms with E-state index in [1.165, 1.54) is 34.4 Å². The van der Waals surface area contributed by atoms with Gasteiger partial charge in [0.05, 0.1) is 5.39 Å². The van der Waals surface area contributed by atoms with Crippen LogP contribution in [0.5, 0.6) is 0 Å². The van der Waals surface area contributed by atoms with E-state index in [1.54, 1.807) is 23.1 Å². The van der Waals surface area contributed by atoms with Crippen LogP contribution >= 0.6 is 23.1 Å². The molecule has 0 fully saturated rings. The number of fused-ring (bicyclic) bond motifs is 3. The Labute approximate surface area is 156 Å². The van der Waals surface area contributed by atoms with Crippen molar-refractivity contribution in [2.75, 3.05) is 0 Å². The Morgan fingerprint density at radius 3 is 2.84 bits per heavy atom. The van der Waals surface area contributed by atoms with Crippen molar-refractivity contribution in [1.82, 2.24) is 9.55 Å². The first-order chi connectivity index (χ1) is 12.2. The first kappa shape index (κ1) is 16.9. The van der Waals surface area contributed by atoms with Crippen LogP contribution in [-0.4, -0.2) is 9.55 Å². The molecule has 0 atom stereocenters. The molecule has 130 valence electrons. The van der Waals surface area contributed by atoms with Crippen molar-refractivity contribution in [2.24, 2.45) is 0 Å². The van der Waals surface area contributed by atoms with Crippen molar-refractivity contribution in [1.29, 1.82) is 0 Å². The molecule has 3 aromatic rings. The van der Waals surface area contributed by atoms with Crippen LogP contribution in [0, 0.1) is 6.92 Å². The molecule has 4 rings (SSSR count). The first-order valence-corrected chi connectivity index (χ1v) is 10.7. The minimum Gasteiger partial charge on any atom is -0.287 e. The van der Waals surface area contributed by atoms with Crippen molar-refractivity contribution >= 4 is 33.3 Å². The number of aromatic nitrogens is 2. The molecule has 2 aromatic heterocycles. The number of benzene rings is 1. The van der Waals surface area contributed by atoms with Gasteiger partial charge >= 0.3 is 0 Å². The van der Waals surface area contributed by atoms with Crippen molar-refractivity contribution < 1.29 is 0 Å². The van der Waals surface area contributed by atoms with Gasteiger partial charge in [-0.1, -0.05) is 36.0 Å². The molecule has 2 heterocycles. The average Bonchev–Trinajstić information content (AvgIpc) is 2.99. The third-order valence-electron chi connectivity index (χ3n) is 4.97. The number of hydrogen-bond acceptors (Lipinski definition) is 4. The van der Waals surface area contributed by atoms with Gasteiger partial charge in [-0.05, 0) is 56.2 Å². The summed E-state index contributed by atoms with van der Waals surface area (Å²) < 4.78 is 1.85. The lowest BCUT2D eigenvalue weighted by atomic mass is 9.97. The highest BCUT2D eigenvalue weighted by atomic mass is 32.2. The number of hydrogen-bond donors (Lipinski definition) is 0. The molecular weight excluding hydrogens is 348 g/mol. The van der Waals surface area contributed by atoms with Crippen LogP contribution < -0.4 is 5.56 Å². The fourth-order valence-electron chi connectivity index (χ4n) is 3.52. The molecule has 0 amide bonds. The van der Waals surface area contributed by atoms with Gasteiger partial charge in [0.1, 0.15) is 4.83 Å². The van der Waals surface area contributed by atoms with E-state index >= 15 is 0 Å². The van der Waals surface area contributed by atoms with Gasteiger partial charge in [0, 0.05) is 17.2 Å². The predicted molar refractivity (Wildman–Crippen MR) is 107 cm³/mol. The van der Waals surface area contributed by atoms with E-state index in [1.807, 2.05) is 11.5 Å². The maximum absolute atomic E-state index is 13.1. The Morgan fingerprint density at radius 2 is 2.04 bits per heavy atom. The molecule has 0 saturated carbocycles. The van der Waals surface area contributed by atoms with E-state index in [0.29, 0.717) is 6.54 Å².